The molecule has 0 aromatic heterocycles. The molecule has 172 valence electrons. The van der Waals surface area contributed by atoms with E-state index in [9.17, 15) is 14.4 Å². The highest BCUT2D eigenvalue weighted by molar-refractivity contribution is 5.89. The maximum Gasteiger partial charge on any atom is 0.225 e. The molecule has 6 heteroatoms. The number of carbonyl (C=O) groups excluding carboxylic acids is 3. The van der Waals surface area contributed by atoms with E-state index in [4.69, 9.17) is 0 Å². The second-order valence-electron chi connectivity index (χ2n) is 10.9. The smallest absolute Gasteiger partial charge is 0.225 e. The quantitative estimate of drug-likeness (QED) is 0.614. The predicted molar refractivity (Wildman–Crippen MR) is 121 cm³/mol. The second-order valence-corrected chi connectivity index (χ2v) is 10.9. The molecule has 1 saturated heterocycles. The van der Waals surface area contributed by atoms with Crippen LogP contribution < -0.4 is 10.6 Å². The molecule has 1 atom stereocenters. The minimum Gasteiger partial charge on any atom is -0.354 e. The van der Waals surface area contributed by atoms with Crippen LogP contribution in [0, 0.1) is 29.1 Å². The number of amides is 3. The molecule has 4 aliphatic carbocycles. The van der Waals surface area contributed by atoms with Crippen molar-refractivity contribution in [2.75, 3.05) is 19.6 Å². The Morgan fingerprint density at radius 1 is 0.938 bits per heavy atom. The Morgan fingerprint density at radius 2 is 1.56 bits per heavy atom. The van der Waals surface area contributed by atoms with Gasteiger partial charge in [-0.2, -0.15) is 0 Å². The van der Waals surface area contributed by atoms with E-state index < -0.39 is 0 Å². The van der Waals surface area contributed by atoms with E-state index in [-0.39, 0.29) is 35.5 Å². The Hall–Kier alpha value is -2.37. The van der Waals surface area contributed by atoms with Gasteiger partial charge in [0, 0.05) is 39.0 Å². The Kier molecular flexibility index (Phi) is 5.95. The fourth-order valence-corrected chi connectivity index (χ4v) is 7.35. The molecule has 4 saturated carbocycles. The summed E-state index contributed by atoms with van der Waals surface area (Å²) in [5, 5.41) is 5.93. The van der Waals surface area contributed by atoms with Crippen molar-refractivity contribution in [1.29, 1.82) is 0 Å². The van der Waals surface area contributed by atoms with Gasteiger partial charge in [-0.05, 0) is 67.3 Å². The highest BCUT2D eigenvalue weighted by Crippen LogP contribution is 2.61. The van der Waals surface area contributed by atoms with E-state index in [0.29, 0.717) is 32.6 Å². The van der Waals surface area contributed by atoms with Crippen molar-refractivity contribution in [2.45, 2.75) is 57.9 Å². The zero-order chi connectivity index (χ0) is 22.1. The van der Waals surface area contributed by atoms with E-state index in [0.717, 1.165) is 23.3 Å². The van der Waals surface area contributed by atoms with Gasteiger partial charge in [-0.3, -0.25) is 14.4 Å². The molecule has 1 aromatic carbocycles. The maximum atomic E-state index is 12.6. The lowest BCUT2D eigenvalue weighted by molar-refractivity contribution is -0.130. The Morgan fingerprint density at radius 3 is 2.22 bits per heavy atom. The predicted octanol–water partition coefficient (Wildman–Crippen LogP) is 2.87. The summed E-state index contributed by atoms with van der Waals surface area (Å²) in [5.74, 6) is 2.30. The molecule has 4 bridgehead atoms. The van der Waals surface area contributed by atoms with E-state index >= 15 is 0 Å². The van der Waals surface area contributed by atoms with Gasteiger partial charge in [-0.1, -0.05) is 30.3 Å². The molecular formula is C26H35N3O3. The third-order valence-electron chi connectivity index (χ3n) is 8.25. The SMILES string of the molecule is O=C(CC12CC3CC(CC(C3)C1)C2)NCCNC(=O)C1CC(=O)N(Cc2ccccc2)C1. The summed E-state index contributed by atoms with van der Waals surface area (Å²) >= 11 is 0. The minimum absolute atomic E-state index is 0.0258. The summed E-state index contributed by atoms with van der Waals surface area (Å²) in [5.41, 5.74) is 1.32. The van der Waals surface area contributed by atoms with Gasteiger partial charge >= 0.3 is 0 Å². The van der Waals surface area contributed by atoms with Crippen LogP contribution in [-0.2, 0) is 20.9 Å². The Bertz CT molecular complexity index is 833. The van der Waals surface area contributed by atoms with Crippen LogP contribution in [0.2, 0.25) is 0 Å². The van der Waals surface area contributed by atoms with Gasteiger partial charge in [0.05, 0.1) is 5.92 Å². The molecule has 1 unspecified atom stereocenters. The van der Waals surface area contributed by atoms with Crippen molar-refractivity contribution in [3.05, 3.63) is 35.9 Å². The molecule has 32 heavy (non-hydrogen) atoms. The molecular weight excluding hydrogens is 402 g/mol. The van der Waals surface area contributed by atoms with Crippen molar-refractivity contribution < 1.29 is 14.4 Å². The molecule has 5 fully saturated rings. The molecule has 1 aromatic rings. The fourth-order valence-electron chi connectivity index (χ4n) is 7.35. The largest absolute Gasteiger partial charge is 0.354 e. The average Bonchev–Trinajstić information content (AvgIpc) is 3.11. The Balaban J connectivity index is 1.02. The number of benzene rings is 1. The van der Waals surface area contributed by atoms with Crippen LogP contribution in [-0.4, -0.2) is 42.3 Å². The second kappa shape index (κ2) is 8.87. The van der Waals surface area contributed by atoms with Gasteiger partial charge in [-0.15, -0.1) is 0 Å². The maximum absolute atomic E-state index is 12.6. The van der Waals surface area contributed by atoms with Crippen LogP contribution in [0.15, 0.2) is 30.3 Å². The number of nitrogens with one attached hydrogen (secondary N) is 2. The molecule has 1 aliphatic heterocycles. The summed E-state index contributed by atoms with van der Waals surface area (Å²) in [6.45, 7) is 1.86. The summed E-state index contributed by atoms with van der Waals surface area (Å²) in [6, 6.07) is 9.85. The number of likely N-dealkylation sites (tertiary alicyclic amines) is 1. The van der Waals surface area contributed by atoms with Crippen molar-refractivity contribution >= 4 is 17.7 Å². The van der Waals surface area contributed by atoms with Crippen molar-refractivity contribution in [1.82, 2.24) is 15.5 Å². The number of carbonyl (C=O) groups is 3. The van der Waals surface area contributed by atoms with Crippen LogP contribution in [0.3, 0.4) is 0 Å². The van der Waals surface area contributed by atoms with Gasteiger partial charge in [0.1, 0.15) is 0 Å². The van der Waals surface area contributed by atoms with Crippen LogP contribution in [0.4, 0.5) is 0 Å². The van der Waals surface area contributed by atoms with Crippen molar-refractivity contribution in [2.24, 2.45) is 29.1 Å². The standard InChI is InChI=1S/C26H35N3O3/c30-23(15-26-12-19-8-20(13-26)10-21(9-19)14-26)27-6-7-28-25(32)22-11-24(31)29(17-22)16-18-4-2-1-3-5-18/h1-5,19-22H,6-17H2,(H,27,30)(H,28,32). The van der Waals surface area contributed by atoms with Crippen LogP contribution in [0.5, 0.6) is 0 Å². The highest BCUT2D eigenvalue weighted by atomic mass is 16.2. The van der Waals surface area contributed by atoms with Crippen molar-refractivity contribution in [3.63, 3.8) is 0 Å². The third kappa shape index (κ3) is 4.69. The normalized spacial score (nSPS) is 32.9. The van der Waals surface area contributed by atoms with Gasteiger partial charge in [0.25, 0.3) is 0 Å². The van der Waals surface area contributed by atoms with E-state index in [1.54, 1.807) is 4.90 Å². The lowest BCUT2D eigenvalue weighted by Gasteiger charge is -2.56. The monoisotopic (exact) mass is 437 g/mol. The number of rotatable bonds is 8. The van der Waals surface area contributed by atoms with Gasteiger partial charge in [0.15, 0.2) is 0 Å². The summed E-state index contributed by atoms with van der Waals surface area (Å²) in [4.78, 5) is 39.2. The topological polar surface area (TPSA) is 78.5 Å². The number of hydrogen-bond donors (Lipinski definition) is 2. The lowest BCUT2D eigenvalue weighted by atomic mass is 9.49. The molecule has 6 nitrogen and oxygen atoms in total. The van der Waals surface area contributed by atoms with Crippen LogP contribution in [0.1, 0.15) is 56.9 Å². The third-order valence-corrected chi connectivity index (χ3v) is 8.25. The van der Waals surface area contributed by atoms with Crippen LogP contribution >= 0.6 is 0 Å². The first kappa shape index (κ1) is 21.5. The molecule has 6 rings (SSSR count). The number of hydrogen-bond acceptors (Lipinski definition) is 3. The summed E-state index contributed by atoms with van der Waals surface area (Å²) in [7, 11) is 0. The van der Waals surface area contributed by atoms with E-state index in [1.165, 1.54) is 38.5 Å². The molecule has 5 aliphatic rings. The van der Waals surface area contributed by atoms with Crippen molar-refractivity contribution in [3.8, 4) is 0 Å². The molecule has 3 amide bonds. The van der Waals surface area contributed by atoms with Gasteiger partial charge in [-0.25, -0.2) is 0 Å². The first-order valence-corrected chi connectivity index (χ1v) is 12.3. The molecule has 2 N–H and O–H groups in total. The lowest BCUT2D eigenvalue weighted by Crippen LogP contribution is -2.48. The van der Waals surface area contributed by atoms with E-state index in [2.05, 4.69) is 10.6 Å². The zero-order valence-electron chi connectivity index (χ0n) is 18.9. The van der Waals surface area contributed by atoms with Crippen LogP contribution in [0.25, 0.3) is 0 Å². The molecule has 0 radical (unpaired) electrons. The highest BCUT2D eigenvalue weighted by Gasteiger charge is 2.51. The number of nitrogens with zero attached hydrogens (tertiary/aromatic N) is 1. The first-order valence-electron chi connectivity index (χ1n) is 12.3. The van der Waals surface area contributed by atoms with Gasteiger partial charge < -0.3 is 15.5 Å². The molecule has 1 heterocycles. The van der Waals surface area contributed by atoms with Gasteiger partial charge in [0.2, 0.25) is 17.7 Å². The van der Waals surface area contributed by atoms with E-state index in [1.807, 2.05) is 30.3 Å². The summed E-state index contributed by atoms with van der Waals surface area (Å²) in [6.07, 6.45) is 8.78. The zero-order valence-corrected chi connectivity index (χ0v) is 18.9. The molecule has 0 spiro atoms. The fraction of sp³-hybridized carbons (Fsp3) is 0.654. The average molecular weight is 438 g/mol. The minimum atomic E-state index is -0.311. The first-order chi connectivity index (χ1) is 15.5. The summed E-state index contributed by atoms with van der Waals surface area (Å²) < 4.78 is 0. The Labute approximate surface area is 190 Å².